The number of fused-ring (bicyclic) bond motifs is 3. The van der Waals surface area contributed by atoms with Crippen LogP contribution < -0.4 is 5.32 Å². The number of carbonyl (C=O) groups is 1. The van der Waals surface area contributed by atoms with Crippen LogP contribution in [-0.2, 0) is 13.1 Å². The maximum absolute atomic E-state index is 12.7. The van der Waals surface area contributed by atoms with E-state index < -0.39 is 0 Å². The third kappa shape index (κ3) is 2.56. The zero-order chi connectivity index (χ0) is 18.3. The molecular formula is C21H22N4O. The van der Waals surface area contributed by atoms with Gasteiger partial charge >= 0.3 is 0 Å². The van der Waals surface area contributed by atoms with Gasteiger partial charge in [0.2, 0.25) is 0 Å². The van der Waals surface area contributed by atoms with Crippen molar-refractivity contribution in [3.8, 4) is 0 Å². The van der Waals surface area contributed by atoms with Gasteiger partial charge in [-0.05, 0) is 51.1 Å². The molecular weight excluding hydrogens is 324 g/mol. The molecule has 0 atom stereocenters. The van der Waals surface area contributed by atoms with Crippen molar-refractivity contribution in [1.29, 1.82) is 0 Å². The SMILES string of the molecule is CCn1nc(C)cc1C(=O)Nc1ccc2c(c1)c1ccccc1n2CC. The molecule has 2 aromatic carbocycles. The Hall–Kier alpha value is -3.08. The molecule has 0 unspecified atom stereocenters. The molecule has 1 N–H and O–H groups in total. The molecule has 0 saturated heterocycles. The van der Waals surface area contributed by atoms with Gasteiger partial charge in [0.25, 0.3) is 5.91 Å². The number of aromatic nitrogens is 3. The predicted octanol–water partition coefficient (Wildman–Crippen LogP) is 4.59. The summed E-state index contributed by atoms with van der Waals surface area (Å²) in [5.74, 6) is -0.133. The standard InChI is InChI=1S/C21H22N4O/c1-4-24-18-9-7-6-8-16(18)17-13-15(10-11-19(17)24)22-21(26)20-12-14(3)23-25(20)5-2/h6-13H,4-5H2,1-3H3,(H,22,26). The van der Waals surface area contributed by atoms with Crippen LogP contribution in [0, 0.1) is 6.92 Å². The highest BCUT2D eigenvalue weighted by Gasteiger charge is 2.15. The van der Waals surface area contributed by atoms with Gasteiger partial charge < -0.3 is 9.88 Å². The lowest BCUT2D eigenvalue weighted by atomic mass is 10.1. The Labute approximate surface area is 152 Å². The number of aryl methyl sites for hydroxylation is 3. The fourth-order valence-electron chi connectivity index (χ4n) is 3.64. The molecule has 0 spiro atoms. The van der Waals surface area contributed by atoms with E-state index in [-0.39, 0.29) is 5.91 Å². The van der Waals surface area contributed by atoms with Crippen molar-refractivity contribution in [3.63, 3.8) is 0 Å². The van der Waals surface area contributed by atoms with Crippen molar-refractivity contribution in [1.82, 2.24) is 14.3 Å². The van der Waals surface area contributed by atoms with Gasteiger partial charge in [0.1, 0.15) is 5.69 Å². The average Bonchev–Trinajstić information content (AvgIpc) is 3.19. The molecule has 0 aliphatic heterocycles. The largest absolute Gasteiger partial charge is 0.341 e. The maximum atomic E-state index is 12.7. The fraction of sp³-hybridized carbons (Fsp3) is 0.238. The lowest BCUT2D eigenvalue weighted by Gasteiger charge is -2.08. The summed E-state index contributed by atoms with van der Waals surface area (Å²) in [4.78, 5) is 12.7. The normalized spacial score (nSPS) is 11.3. The summed E-state index contributed by atoms with van der Waals surface area (Å²) < 4.78 is 4.03. The van der Waals surface area contributed by atoms with E-state index in [1.165, 1.54) is 16.4 Å². The van der Waals surface area contributed by atoms with Gasteiger partial charge in [-0.3, -0.25) is 9.48 Å². The summed E-state index contributed by atoms with van der Waals surface area (Å²) in [6.45, 7) is 7.60. The van der Waals surface area contributed by atoms with Crippen LogP contribution in [0.5, 0.6) is 0 Å². The third-order valence-corrected chi connectivity index (χ3v) is 4.78. The molecule has 132 valence electrons. The van der Waals surface area contributed by atoms with Crippen LogP contribution in [0.1, 0.15) is 30.0 Å². The van der Waals surface area contributed by atoms with Crippen molar-refractivity contribution in [3.05, 3.63) is 59.9 Å². The van der Waals surface area contributed by atoms with E-state index in [1.54, 1.807) is 4.68 Å². The van der Waals surface area contributed by atoms with Crippen molar-refractivity contribution >= 4 is 33.4 Å². The number of carbonyl (C=O) groups excluding carboxylic acids is 1. The number of nitrogens with zero attached hydrogens (tertiary/aromatic N) is 3. The number of amides is 1. The number of benzene rings is 2. The van der Waals surface area contributed by atoms with E-state index in [2.05, 4.69) is 58.3 Å². The second kappa shape index (κ2) is 6.33. The lowest BCUT2D eigenvalue weighted by molar-refractivity contribution is 0.101. The highest BCUT2D eigenvalue weighted by Crippen LogP contribution is 2.31. The highest BCUT2D eigenvalue weighted by molar-refractivity contribution is 6.10. The van der Waals surface area contributed by atoms with Gasteiger partial charge in [0, 0.05) is 40.6 Å². The summed E-state index contributed by atoms with van der Waals surface area (Å²) in [6, 6.07) is 16.3. The quantitative estimate of drug-likeness (QED) is 0.587. The van der Waals surface area contributed by atoms with E-state index in [0.717, 1.165) is 23.3 Å². The number of nitrogens with one attached hydrogen (secondary N) is 1. The van der Waals surface area contributed by atoms with Crippen LogP contribution in [0.2, 0.25) is 0 Å². The molecule has 5 nitrogen and oxygen atoms in total. The number of hydrogen-bond acceptors (Lipinski definition) is 2. The summed E-state index contributed by atoms with van der Waals surface area (Å²) in [6.07, 6.45) is 0. The van der Waals surface area contributed by atoms with Gasteiger partial charge in [0.15, 0.2) is 0 Å². The molecule has 0 fully saturated rings. The zero-order valence-electron chi connectivity index (χ0n) is 15.3. The molecule has 0 bridgehead atoms. The first-order chi connectivity index (χ1) is 12.6. The second-order valence-corrected chi connectivity index (χ2v) is 6.43. The predicted molar refractivity (Wildman–Crippen MR) is 106 cm³/mol. The minimum Gasteiger partial charge on any atom is -0.341 e. The van der Waals surface area contributed by atoms with Crippen LogP contribution in [-0.4, -0.2) is 20.3 Å². The smallest absolute Gasteiger partial charge is 0.273 e. The van der Waals surface area contributed by atoms with Crippen molar-refractivity contribution < 1.29 is 4.79 Å². The maximum Gasteiger partial charge on any atom is 0.273 e. The second-order valence-electron chi connectivity index (χ2n) is 6.43. The molecule has 26 heavy (non-hydrogen) atoms. The molecule has 4 aromatic rings. The van der Waals surface area contributed by atoms with Crippen LogP contribution >= 0.6 is 0 Å². The number of anilines is 1. The van der Waals surface area contributed by atoms with Gasteiger partial charge in [-0.1, -0.05) is 18.2 Å². The zero-order valence-corrected chi connectivity index (χ0v) is 15.3. The molecule has 4 rings (SSSR count). The van der Waals surface area contributed by atoms with Crippen LogP contribution in [0.25, 0.3) is 21.8 Å². The van der Waals surface area contributed by atoms with Gasteiger partial charge in [-0.2, -0.15) is 5.10 Å². The molecule has 0 aliphatic rings. The molecule has 0 saturated carbocycles. The van der Waals surface area contributed by atoms with E-state index in [9.17, 15) is 4.79 Å². The van der Waals surface area contributed by atoms with Gasteiger partial charge in [-0.15, -0.1) is 0 Å². The molecule has 2 aromatic heterocycles. The third-order valence-electron chi connectivity index (χ3n) is 4.78. The Morgan fingerprint density at radius 1 is 1.00 bits per heavy atom. The Bertz CT molecular complexity index is 1120. The van der Waals surface area contributed by atoms with Crippen molar-refractivity contribution in [2.75, 3.05) is 5.32 Å². The van der Waals surface area contributed by atoms with Crippen LogP contribution in [0.3, 0.4) is 0 Å². The van der Waals surface area contributed by atoms with E-state index >= 15 is 0 Å². The van der Waals surface area contributed by atoms with E-state index in [4.69, 9.17) is 0 Å². The molecule has 2 heterocycles. The van der Waals surface area contributed by atoms with E-state index in [1.807, 2.05) is 26.0 Å². The molecule has 5 heteroatoms. The van der Waals surface area contributed by atoms with E-state index in [0.29, 0.717) is 12.2 Å². The first kappa shape index (κ1) is 16.4. The van der Waals surface area contributed by atoms with Crippen molar-refractivity contribution in [2.24, 2.45) is 0 Å². The van der Waals surface area contributed by atoms with Gasteiger partial charge in [-0.25, -0.2) is 0 Å². The van der Waals surface area contributed by atoms with Crippen LogP contribution in [0.4, 0.5) is 5.69 Å². The summed E-state index contributed by atoms with van der Waals surface area (Å²) in [5.41, 5.74) is 4.62. The van der Waals surface area contributed by atoms with Crippen LogP contribution in [0.15, 0.2) is 48.5 Å². The summed E-state index contributed by atoms with van der Waals surface area (Å²) >= 11 is 0. The summed E-state index contributed by atoms with van der Waals surface area (Å²) in [5, 5.41) is 9.73. The lowest BCUT2D eigenvalue weighted by Crippen LogP contribution is -2.17. The van der Waals surface area contributed by atoms with Gasteiger partial charge in [0.05, 0.1) is 5.69 Å². The highest BCUT2D eigenvalue weighted by atomic mass is 16.2. The Morgan fingerprint density at radius 3 is 2.54 bits per heavy atom. The Balaban J connectivity index is 1.76. The van der Waals surface area contributed by atoms with Crippen molar-refractivity contribution in [2.45, 2.75) is 33.9 Å². The number of hydrogen-bond donors (Lipinski definition) is 1. The first-order valence-electron chi connectivity index (χ1n) is 8.99. The first-order valence-corrected chi connectivity index (χ1v) is 8.99. The minimum absolute atomic E-state index is 0.133. The summed E-state index contributed by atoms with van der Waals surface area (Å²) in [7, 11) is 0. The topological polar surface area (TPSA) is 51.9 Å². The molecule has 1 amide bonds. The average molecular weight is 346 g/mol. The fourth-order valence-corrected chi connectivity index (χ4v) is 3.64. The number of rotatable bonds is 4. The Morgan fingerprint density at radius 2 is 1.77 bits per heavy atom. The monoisotopic (exact) mass is 346 g/mol. The number of para-hydroxylation sites is 1. The molecule has 0 radical (unpaired) electrons. The molecule has 0 aliphatic carbocycles. The minimum atomic E-state index is -0.133. The Kier molecular flexibility index (Phi) is 3.99.